The van der Waals surface area contributed by atoms with Gasteiger partial charge in [0.1, 0.15) is 11.3 Å². The van der Waals surface area contributed by atoms with Crippen LogP contribution in [0.4, 0.5) is 0 Å². The van der Waals surface area contributed by atoms with Gasteiger partial charge in [0.15, 0.2) is 6.10 Å². The van der Waals surface area contributed by atoms with Crippen LogP contribution in [-0.4, -0.2) is 29.6 Å². The third-order valence-corrected chi connectivity index (χ3v) is 4.02. The third-order valence-electron chi connectivity index (χ3n) is 3.78. The van der Waals surface area contributed by atoms with E-state index < -0.39 is 18.0 Å². The molecule has 0 aliphatic carbocycles. The van der Waals surface area contributed by atoms with Gasteiger partial charge in [-0.3, -0.25) is 4.79 Å². The number of phenolic OH excluding ortho intramolecular Hbond substituents is 1. The van der Waals surface area contributed by atoms with Gasteiger partial charge in [-0.1, -0.05) is 48.9 Å². The van der Waals surface area contributed by atoms with Crippen molar-refractivity contribution in [2.75, 3.05) is 6.54 Å². The zero-order valence-electron chi connectivity index (χ0n) is 14.0. The van der Waals surface area contributed by atoms with Gasteiger partial charge in [-0.05, 0) is 36.6 Å². The molecule has 0 saturated carbocycles. The molecule has 0 radical (unpaired) electrons. The second-order valence-electron chi connectivity index (χ2n) is 5.77. The number of esters is 1. The minimum Gasteiger partial charge on any atom is -0.507 e. The van der Waals surface area contributed by atoms with Gasteiger partial charge in [-0.25, -0.2) is 4.79 Å². The van der Waals surface area contributed by atoms with Crippen molar-refractivity contribution in [2.45, 2.75) is 25.9 Å². The SMILES string of the molecule is C[C@H](CNC(=O)[C@@H](C)OC(=O)c1cc(Cl)ccc1O)c1ccccc1. The van der Waals surface area contributed by atoms with E-state index in [1.807, 2.05) is 37.3 Å². The molecule has 0 aromatic heterocycles. The predicted octanol–water partition coefficient (Wildman–Crippen LogP) is 3.51. The highest BCUT2D eigenvalue weighted by molar-refractivity contribution is 6.31. The summed E-state index contributed by atoms with van der Waals surface area (Å²) in [5, 5.41) is 12.7. The average molecular weight is 362 g/mol. The number of benzene rings is 2. The van der Waals surface area contributed by atoms with Crippen molar-refractivity contribution < 1.29 is 19.4 Å². The molecule has 6 heteroatoms. The topological polar surface area (TPSA) is 75.6 Å². The van der Waals surface area contributed by atoms with E-state index in [2.05, 4.69) is 5.32 Å². The van der Waals surface area contributed by atoms with Crippen LogP contribution in [0.15, 0.2) is 48.5 Å². The van der Waals surface area contributed by atoms with Crippen LogP contribution >= 0.6 is 11.6 Å². The molecular weight excluding hydrogens is 342 g/mol. The van der Waals surface area contributed by atoms with Crippen molar-refractivity contribution in [3.8, 4) is 5.75 Å². The Balaban J connectivity index is 1.89. The molecule has 0 unspecified atom stereocenters. The van der Waals surface area contributed by atoms with Crippen molar-refractivity contribution in [2.24, 2.45) is 0 Å². The van der Waals surface area contributed by atoms with Crippen LogP contribution in [0.1, 0.15) is 35.7 Å². The van der Waals surface area contributed by atoms with E-state index >= 15 is 0 Å². The zero-order valence-corrected chi connectivity index (χ0v) is 14.8. The molecule has 2 aromatic carbocycles. The molecule has 0 heterocycles. The first-order valence-corrected chi connectivity index (χ1v) is 8.28. The third kappa shape index (κ3) is 5.22. The molecule has 2 rings (SSSR count). The number of carbonyl (C=O) groups is 2. The van der Waals surface area contributed by atoms with Crippen LogP contribution in [-0.2, 0) is 9.53 Å². The Kier molecular flexibility index (Phi) is 6.42. The summed E-state index contributed by atoms with van der Waals surface area (Å²) >= 11 is 5.80. The molecule has 0 aliphatic rings. The molecule has 0 bridgehead atoms. The number of ether oxygens (including phenoxy) is 1. The summed E-state index contributed by atoms with van der Waals surface area (Å²) in [5.74, 6) is -1.33. The molecule has 0 fully saturated rings. The lowest BCUT2D eigenvalue weighted by atomic mass is 10.0. The van der Waals surface area contributed by atoms with E-state index in [0.717, 1.165) is 5.56 Å². The van der Waals surface area contributed by atoms with Gasteiger partial charge >= 0.3 is 5.97 Å². The summed E-state index contributed by atoms with van der Waals surface area (Å²) in [7, 11) is 0. The van der Waals surface area contributed by atoms with Gasteiger partial charge < -0.3 is 15.2 Å². The minimum atomic E-state index is -0.992. The standard InChI is InChI=1S/C19H20ClNO4/c1-12(14-6-4-3-5-7-14)11-21-18(23)13(2)25-19(24)16-10-15(20)8-9-17(16)22/h3-10,12-13,22H,11H2,1-2H3,(H,21,23)/t12-,13-/m1/s1. The van der Waals surface area contributed by atoms with Crippen LogP contribution in [0, 0.1) is 0 Å². The van der Waals surface area contributed by atoms with Gasteiger partial charge in [0.25, 0.3) is 5.91 Å². The Hall–Kier alpha value is -2.53. The lowest BCUT2D eigenvalue weighted by molar-refractivity contribution is -0.129. The molecule has 1 amide bonds. The Labute approximate surface area is 151 Å². The molecule has 0 saturated heterocycles. The van der Waals surface area contributed by atoms with E-state index in [4.69, 9.17) is 16.3 Å². The molecule has 132 valence electrons. The number of hydrogen-bond donors (Lipinski definition) is 2. The van der Waals surface area contributed by atoms with Crippen LogP contribution in [0.5, 0.6) is 5.75 Å². The number of hydrogen-bond acceptors (Lipinski definition) is 4. The van der Waals surface area contributed by atoms with E-state index in [1.165, 1.54) is 25.1 Å². The molecule has 5 nitrogen and oxygen atoms in total. The second kappa shape index (κ2) is 8.53. The Morgan fingerprint density at radius 2 is 1.84 bits per heavy atom. The van der Waals surface area contributed by atoms with Crippen LogP contribution in [0.25, 0.3) is 0 Å². The first kappa shape index (κ1) is 18.8. The smallest absolute Gasteiger partial charge is 0.342 e. The normalized spacial score (nSPS) is 12.9. The number of aromatic hydroxyl groups is 1. The Bertz CT molecular complexity index is 748. The van der Waals surface area contributed by atoms with Crippen molar-refractivity contribution in [1.82, 2.24) is 5.32 Å². The molecule has 2 aromatic rings. The summed E-state index contributed by atoms with van der Waals surface area (Å²) in [5.41, 5.74) is 1.03. The first-order valence-electron chi connectivity index (χ1n) is 7.90. The van der Waals surface area contributed by atoms with E-state index in [1.54, 1.807) is 0 Å². The maximum atomic E-state index is 12.1. The first-order chi connectivity index (χ1) is 11.9. The van der Waals surface area contributed by atoms with Gasteiger partial charge in [-0.15, -0.1) is 0 Å². The minimum absolute atomic E-state index is 0.0789. The van der Waals surface area contributed by atoms with E-state index in [9.17, 15) is 14.7 Å². The van der Waals surface area contributed by atoms with Crippen LogP contribution < -0.4 is 5.32 Å². The predicted molar refractivity (Wildman–Crippen MR) is 95.9 cm³/mol. The molecule has 0 spiro atoms. The number of halogens is 1. The second-order valence-corrected chi connectivity index (χ2v) is 6.20. The zero-order chi connectivity index (χ0) is 18.4. The van der Waals surface area contributed by atoms with Crippen LogP contribution in [0.2, 0.25) is 5.02 Å². The Morgan fingerprint density at radius 1 is 1.16 bits per heavy atom. The van der Waals surface area contributed by atoms with Crippen molar-refractivity contribution in [3.05, 3.63) is 64.7 Å². The number of amides is 1. The summed E-state index contributed by atoms with van der Waals surface area (Å²) in [6.45, 7) is 3.89. The molecule has 0 aliphatic heterocycles. The number of rotatable bonds is 6. The largest absolute Gasteiger partial charge is 0.507 e. The Morgan fingerprint density at radius 3 is 2.52 bits per heavy atom. The van der Waals surface area contributed by atoms with Crippen molar-refractivity contribution >= 4 is 23.5 Å². The maximum Gasteiger partial charge on any atom is 0.342 e. The lowest BCUT2D eigenvalue weighted by Crippen LogP contribution is -2.37. The summed E-state index contributed by atoms with van der Waals surface area (Å²) in [4.78, 5) is 24.2. The van der Waals surface area contributed by atoms with Gasteiger partial charge in [0.2, 0.25) is 0 Å². The highest BCUT2D eigenvalue weighted by Gasteiger charge is 2.21. The fourth-order valence-corrected chi connectivity index (χ4v) is 2.42. The summed E-state index contributed by atoms with van der Waals surface area (Å²) < 4.78 is 5.10. The highest BCUT2D eigenvalue weighted by Crippen LogP contribution is 2.22. The number of carbonyl (C=O) groups excluding carboxylic acids is 2. The fraction of sp³-hybridized carbons (Fsp3) is 0.263. The number of phenols is 1. The lowest BCUT2D eigenvalue weighted by Gasteiger charge is -2.17. The van der Waals surface area contributed by atoms with Crippen molar-refractivity contribution in [1.29, 1.82) is 0 Å². The monoisotopic (exact) mass is 361 g/mol. The summed E-state index contributed by atoms with van der Waals surface area (Å²) in [6, 6.07) is 13.8. The van der Waals surface area contributed by atoms with Crippen LogP contribution in [0.3, 0.4) is 0 Å². The van der Waals surface area contributed by atoms with Gasteiger partial charge in [-0.2, -0.15) is 0 Å². The summed E-state index contributed by atoms with van der Waals surface area (Å²) in [6.07, 6.45) is -0.992. The van der Waals surface area contributed by atoms with Crippen molar-refractivity contribution in [3.63, 3.8) is 0 Å². The molecule has 25 heavy (non-hydrogen) atoms. The molecular formula is C19H20ClNO4. The van der Waals surface area contributed by atoms with Gasteiger partial charge in [0, 0.05) is 11.6 Å². The average Bonchev–Trinajstić information content (AvgIpc) is 2.61. The molecule has 2 atom stereocenters. The van der Waals surface area contributed by atoms with E-state index in [-0.39, 0.29) is 17.2 Å². The maximum absolute atomic E-state index is 12.1. The fourth-order valence-electron chi connectivity index (χ4n) is 2.25. The van der Waals surface area contributed by atoms with Gasteiger partial charge in [0.05, 0.1) is 0 Å². The molecule has 2 N–H and O–H groups in total. The number of nitrogens with one attached hydrogen (secondary N) is 1. The quantitative estimate of drug-likeness (QED) is 0.772. The van der Waals surface area contributed by atoms with E-state index in [0.29, 0.717) is 11.6 Å². The highest BCUT2D eigenvalue weighted by atomic mass is 35.5.